The van der Waals surface area contributed by atoms with E-state index in [0.29, 0.717) is 13.0 Å². The topological polar surface area (TPSA) is 113 Å². The standard InChI is InChI=1S/C13H18N2O4/c14-11(5-6-12(17)18)13(19)15-8-7-9-1-3-10(16)4-2-9/h1-4,11,16H,5-8,14H2,(H,15,19)(H,17,18). The van der Waals surface area contributed by atoms with E-state index in [2.05, 4.69) is 5.32 Å². The number of carbonyl (C=O) groups excluding carboxylic acids is 1. The number of phenolic OH excluding ortho intramolecular Hbond substituents is 1. The van der Waals surface area contributed by atoms with E-state index in [1.807, 2.05) is 0 Å². The Morgan fingerprint density at radius 1 is 1.26 bits per heavy atom. The van der Waals surface area contributed by atoms with Crippen LogP contribution in [-0.4, -0.2) is 34.7 Å². The normalized spacial score (nSPS) is 11.8. The lowest BCUT2D eigenvalue weighted by molar-refractivity contribution is -0.137. The summed E-state index contributed by atoms with van der Waals surface area (Å²) in [6, 6.07) is 5.90. The number of nitrogens with one attached hydrogen (secondary N) is 1. The first kappa shape index (κ1) is 15.0. The van der Waals surface area contributed by atoms with Crippen molar-refractivity contribution in [3.8, 4) is 5.75 Å². The first-order valence-corrected chi connectivity index (χ1v) is 6.02. The fourth-order valence-corrected chi connectivity index (χ4v) is 1.53. The molecule has 0 radical (unpaired) electrons. The Kier molecular flexibility index (Phi) is 5.81. The molecule has 0 aliphatic rings. The lowest BCUT2D eigenvalue weighted by Crippen LogP contribution is -2.41. The average Bonchev–Trinajstić information content (AvgIpc) is 2.38. The summed E-state index contributed by atoms with van der Waals surface area (Å²) in [4.78, 5) is 21.9. The van der Waals surface area contributed by atoms with Crippen LogP contribution in [0.5, 0.6) is 5.75 Å². The van der Waals surface area contributed by atoms with Gasteiger partial charge in [0.1, 0.15) is 5.75 Å². The van der Waals surface area contributed by atoms with Crippen molar-refractivity contribution in [2.24, 2.45) is 5.73 Å². The van der Waals surface area contributed by atoms with Crippen molar-refractivity contribution in [2.75, 3.05) is 6.54 Å². The van der Waals surface area contributed by atoms with E-state index in [-0.39, 0.29) is 24.5 Å². The monoisotopic (exact) mass is 266 g/mol. The van der Waals surface area contributed by atoms with Crippen LogP contribution in [0.2, 0.25) is 0 Å². The van der Waals surface area contributed by atoms with E-state index in [1.54, 1.807) is 24.3 Å². The minimum Gasteiger partial charge on any atom is -0.508 e. The molecule has 1 aromatic carbocycles. The van der Waals surface area contributed by atoms with E-state index in [0.717, 1.165) is 5.56 Å². The molecule has 1 rings (SSSR count). The molecule has 0 saturated heterocycles. The number of phenols is 1. The van der Waals surface area contributed by atoms with E-state index < -0.39 is 12.0 Å². The lowest BCUT2D eigenvalue weighted by atomic mass is 10.1. The second-order valence-corrected chi connectivity index (χ2v) is 4.25. The number of hydrogen-bond donors (Lipinski definition) is 4. The zero-order valence-corrected chi connectivity index (χ0v) is 10.5. The number of benzene rings is 1. The minimum absolute atomic E-state index is 0.119. The molecule has 0 heterocycles. The molecule has 1 unspecified atom stereocenters. The van der Waals surface area contributed by atoms with E-state index in [9.17, 15) is 9.59 Å². The molecule has 6 heteroatoms. The molecule has 0 aliphatic carbocycles. The Morgan fingerprint density at radius 3 is 2.47 bits per heavy atom. The molecular formula is C13H18N2O4. The van der Waals surface area contributed by atoms with Crippen LogP contribution in [0.3, 0.4) is 0 Å². The molecule has 0 saturated carbocycles. The third-order valence-corrected chi connectivity index (χ3v) is 2.66. The molecule has 6 nitrogen and oxygen atoms in total. The fraction of sp³-hybridized carbons (Fsp3) is 0.385. The highest BCUT2D eigenvalue weighted by molar-refractivity contribution is 5.82. The lowest BCUT2D eigenvalue weighted by Gasteiger charge is -2.11. The smallest absolute Gasteiger partial charge is 0.303 e. The van der Waals surface area contributed by atoms with Gasteiger partial charge in [-0.15, -0.1) is 0 Å². The van der Waals surface area contributed by atoms with E-state index in [4.69, 9.17) is 15.9 Å². The van der Waals surface area contributed by atoms with Gasteiger partial charge in [-0.1, -0.05) is 12.1 Å². The maximum Gasteiger partial charge on any atom is 0.303 e. The number of nitrogens with two attached hydrogens (primary N) is 1. The summed E-state index contributed by atoms with van der Waals surface area (Å²) in [7, 11) is 0. The van der Waals surface area contributed by atoms with Gasteiger partial charge in [0, 0.05) is 13.0 Å². The number of carboxylic acids is 1. The number of aromatic hydroxyl groups is 1. The fourth-order valence-electron chi connectivity index (χ4n) is 1.53. The number of amides is 1. The second-order valence-electron chi connectivity index (χ2n) is 4.25. The number of hydrogen-bond acceptors (Lipinski definition) is 4. The summed E-state index contributed by atoms with van der Waals surface area (Å²) < 4.78 is 0. The number of aliphatic carboxylic acids is 1. The van der Waals surface area contributed by atoms with Crippen LogP contribution in [0.1, 0.15) is 18.4 Å². The van der Waals surface area contributed by atoms with Crippen molar-refractivity contribution in [3.63, 3.8) is 0 Å². The molecule has 5 N–H and O–H groups in total. The van der Waals surface area contributed by atoms with Gasteiger partial charge in [-0.05, 0) is 30.5 Å². The summed E-state index contributed by atoms with van der Waals surface area (Å²) in [6.07, 6.45) is 0.630. The van der Waals surface area contributed by atoms with E-state index >= 15 is 0 Å². The largest absolute Gasteiger partial charge is 0.508 e. The van der Waals surface area contributed by atoms with Crippen LogP contribution < -0.4 is 11.1 Å². The van der Waals surface area contributed by atoms with Crippen LogP contribution >= 0.6 is 0 Å². The van der Waals surface area contributed by atoms with Gasteiger partial charge in [0.25, 0.3) is 0 Å². The minimum atomic E-state index is -0.965. The summed E-state index contributed by atoms with van der Waals surface area (Å²) in [5.41, 5.74) is 6.54. The SMILES string of the molecule is NC(CCC(=O)O)C(=O)NCCc1ccc(O)cc1. The molecule has 1 aromatic rings. The van der Waals surface area contributed by atoms with Gasteiger partial charge in [-0.25, -0.2) is 0 Å². The van der Waals surface area contributed by atoms with Crippen LogP contribution in [-0.2, 0) is 16.0 Å². The van der Waals surface area contributed by atoms with Crippen molar-refractivity contribution in [1.29, 1.82) is 0 Å². The molecule has 0 spiro atoms. The molecule has 19 heavy (non-hydrogen) atoms. The maximum atomic E-state index is 11.5. The summed E-state index contributed by atoms with van der Waals surface area (Å²) in [6.45, 7) is 0.421. The first-order valence-electron chi connectivity index (χ1n) is 6.02. The van der Waals surface area contributed by atoms with Gasteiger partial charge >= 0.3 is 5.97 Å². The quantitative estimate of drug-likeness (QED) is 0.565. The van der Waals surface area contributed by atoms with Crippen molar-refractivity contribution in [1.82, 2.24) is 5.32 Å². The molecule has 1 atom stereocenters. The molecule has 104 valence electrons. The van der Waals surface area contributed by atoms with Gasteiger partial charge < -0.3 is 21.3 Å². The van der Waals surface area contributed by atoms with Crippen molar-refractivity contribution in [2.45, 2.75) is 25.3 Å². The Hall–Kier alpha value is -2.08. The maximum absolute atomic E-state index is 11.5. The third kappa shape index (κ3) is 5.87. The third-order valence-electron chi connectivity index (χ3n) is 2.66. The molecule has 1 amide bonds. The van der Waals surface area contributed by atoms with Crippen molar-refractivity contribution >= 4 is 11.9 Å². The van der Waals surface area contributed by atoms with Gasteiger partial charge in [0.05, 0.1) is 6.04 Å². The van der Waals surface area contributed by atoms with Gasteiger partial charge in [-0.2, -0.15) is 0 Å². The Labute approximate surface area is 111 Å². The predicted molar refractivity (Wildman–Crippen MR) is 69.7 cm³/mol. The van der Waals surface area contributed by atoms with Crippen molar-refractivity contribution < 1.29 is 19.8 Å². The molecular weight excluding hydrogens is 248 g/mol. The highest BCUT2D eigenvalue weighted by Gasteiger charge is 2.13. The van der Waals surface area contributed by atoms with Crippen LogP contribution in [0.25, 0.3) is 0 Å². The van der Waals surface area contributed by atoms with Gasteiger partial charge in [-0.3, -0.25) is 9.59 Å². The van der Waals surface area contributed by atoms with E-state index in [1.165, 1.54) is 0 Å². The van der Waals surface area contributed by atoms with Crippen LogP contribution in [0, 0.1) is 0 Å². The Bertz CT molecular complexity index is 431. The number of carboxylic acid groups (broad SMARTS) is 1. The molecule has 0 fully saturated rings. The highest BCUT2D eigenvalue weighted by atomic mass is 16.4. The van der Waals surface area contributed by atoms with Crippen LogP contribution in [0.15, 0.2) is 24.3 Å². The zero-order chi connectivity index (χ0) is 14.3. The Balaban J connectivity index is 2.26. The van der Waals surface area contributed by atoms with Crippen molar-refractivity contribution in [3.05, 3.63) is 29.8 Å². The zero-order valence-electron chi connectivity index (χ0n) is 10.5. The van der Waals surface area contributed by atoms with Gasteiger partial charge in [0.2, 0.25) is 5.91 Å². The average molecular weight is 266 g/mol. The molecule has 0 bridgehead atoms. The summed E-state index contributed by atoms with van der Waals surface area (Å²) in [5, 5.41) is 20.2. The first-order chi connectivity index (χ1) is 8.99. The van der Waals surface area contributed by atoms with Crippen LogP contribution in [0.4, 0.5) is 0 Å². The highest BCUT2D eigenvalue weighted by Crippen LogP contribution is 2.09. The Morgan fingerprint density at radius 2 is 1.89 bits per heavy atom. The second kappa shape index (κ2) is 7.38. The predicted octanol–water partition coefficient (Wildman–Crippen LogP) is 0.243. The van der Waals surface area contributed by atoms with Gasteiger partial charge in [0.15, 0.2) is 0 Å². The summed E-state index contributed by atoms with van der Waals surface area (Å²) in [5.74, 6) is -1.11. The summed E-state index contributed by atoms with van der Waals surface area (Å²) >= 11 is 0. The number of carbonyl (C=O) groups is 2. The molecule has 0 aliphatic heterocycles. The number of rotatable bonds is 7. The molecule has 0 aromatic heterocycles.